The SMILES string of the molecule is CC(C)C1CC[C@H]2C(=O)CCC[C@]12C.CC1C/C(=C/CP(=O)(c2ccccc2)c2ccccc2)C(C)(C)C(C)C1(C)C. The topological polar surface area (TPSA) is 34.1 Å². The number of fused-ring (bicyclic) bond motifs is 1. The van der Waals surface area contributed by atoms with Gasteiger partial charge in [0.1, 0.15) is 12.9 Å². The molecule has 0 radical (unpaired) electrons. The molecule has 3 heteroatoms. The zero-order valence-corrected chi connectivity index (χ0v) is 28.8. The first-order valence-electron chi connectivity index (χ1n) is 16.6. The first-order valence-corrected chi connectivity index (χ1v) is 18.5. The van der Waals surface area contributed by atoms with Crippen LogP contribution in [-0.2, 0) is 9.36 Å². The summed E-state index contributed by atoms with van der Waals surface area (Å²) < 4.78 is 14.3. The highest BCUT2D eigenvalue weighted by molar-refractivity contribution is 7.78. The van der Waals surface area contributed by atoms with Crippen LogP contribution in [0.25, 0.3) is 0 Å². The van der Waals surface area contributed by atoms with Crippen LogP contribution in [-0.4, -0.2) is 11.9 Å². The van der Waals surface area contributed by atoms with E-state index in [1.807, 2.05) is 60.7 Å². The number of carbonyl (C=O) groups is 1. The van der Waals surface area contributed by atoms with E-state index in [1.54, 1.807) is 0 Å². The van der Waals surface area contributed by atoms with Crippen LogP contribution in [0.2, 0.25) is 0 Å². The van der Waals surface area contributed by atoms with Gasteiger partial charge in [-0.1, -0.05) is 135 Å². The van der Waals surface area contributed by atoms with Crippen molar-refractivity contribution in [3.05, 3.63) is 72.3 Å². The first kappa shape index (κ1) is 33.0. The summed E-state index contributed by atoms with van der Waals surface area (Å²) in [4.78, 5) is 11.8. The quantitative estimate of drug-likeness (QED) is 0.257. The van der Waals surface area contributed by atoms with Crippen LogP contribution in [0.15, 0.2) is 72.3 Å². The van der Waals surface area contributed by atoms with E-state index in [0.717, 1.165) is 48.1 Å². The summed E-state index contributed by atoms with van der Waals surface area (Å²) in [5.74, 6) is 3.69. The van der Waals surface area contributed by atoms with Gasteiger partial charge in [0.05, 0.1) is 0 Å². The van der Waals surface area contributed by atoms with E-state index in [2.05, 4.69) is 68.4 Å². The number of Topliss-reactive ketones (excluding diaryl/α,β-unsaturated/α-hetero) is 1. The molecule has 42 heavy (non-hydrogen) atoms. The molecular formula is C39H57O2P. The zero-order chi connectivity index (χ0) is 30.9. The van der Waals surface area contributed by atoms with Gasteiger partial charge < -0.3 is 4.57 Å². The van der Waals surface area contributed by atoms with Gasteiger partial charge >= 0.3 is 0 Å². The Hall–Kier alpha value is -1.92. The second-order valence-electron chi connectivity index (χ2n) is 15.5. The van der Waals surface area contributed by atoms with Crippen LogP contribution in [0.4, 0.5) is 0 Å². The minimum absolute atomic E-state index is 0.119. The molecule has 0 bridgehead atoms. The van der Waals surface area contributed by atoms with Gasteiger partial charge in [-0.3, -0.25) is 4.79 Å². The molecule has 0 saturated heterocycles. The maximum atomic E-state index is 14.3. The third-order valence-electron chi connectivity index (χ3n) is 12.5. The number of ketones is 1. The summed E-state index contributed by atoms with van der Waals surface area (Å²) in [6.45, 7) is 21.3. The Balaban J connectivity index is 0.000000241. The molecule has 3 aliphatic carbocycles. The average molecular weight is 589 g/mol. The second-order valence-corrected chi connectivity index (χ2v) is 18.4. The van der Waals surface area contributed by atoms with E-state index in [-0.39, 0.29) is 5.41 Å². The van der Waals surface area contributed by atoms with Gasteiger partial charge in [0.2, 0.25) is 0 Å². The highest BCUT2D eigenvalue weighted by atomic mass is 31.2. The number of hydrogen-bond acceptors (Lipinski definition) is 2. The minimum atomic E-state index is -2.70. The number of carbonyl (C=O) groups excluding carboxylic acids is 1. The number of allylic oxidation sites excluding steroid dienone is 2. The molecule has 2 nitrogen and oxygen atoms in total. The summed E-state index contributed by atoms with van der Waals surface area (Å²) >= 11 is 0. The molecule has 0 amide bonds. The van der Waals surface area contributed by atoms with Crippen molar-refractivity contribution >= 4 is 23.5 Å². The van der Waals surface area contributed by atoms with Crippen LogP contribution < -0.4 is 10.6 Å². The smallest absolute Gasteiger partial charge is 0.146 e. The van der Waals surface area contributed by atoms with Crippen molar-refractivity contribution in [2.24, 2.45) is 45.8 Å². The average Bonchev–Trinajstić information content (AvgIpc) is 3.33. The summed E-state index contributed by atoms with van der Waals surface area (Å²) in [5.41, 5.74) is 2.25. The van der Waals surface area contributed by atoms with Crippen LogP contribution in [0.1, 0.15) is 101 Å². The summed E-state index contributed by atoms with van der Waals surface area (Å²) in [6.07, 6.45) is 9.73. The molecule has 3 aliphatic rings. The molecule has 3 fully saturated rings. The Morgan fingerprint density at radius 3 is 1.95 bits per heavy atom. The van der Waals surface area contributed by atoms with Gasteiger partial charge in [-0.2, -0.15) is 0 Å². The van der Waals surface area contributed by atoms with Crippen molar-refractivity contribution in [1.29, 1.82) is 0 Å². The van der Waals surface area contributed by atoms with Gasteiger partial charge in [0.15, 0.2) is 0 Å². The summed E-state index contributed by atoms with van der Waals surface area (Å²) in [7, 11) is -2.70. The fraction of sp³-hybridized carbons (Fsp3) is 0.615. The van der Waals surface area contributed by atoms with E-state index >= 15 is 0 Å². The van der Waals surface area contributed by atoms with E-state index in [0.29, 0.717) is 40.5 Å². The molecule has 0 N–H and O–H groups in total. The van der Waals surface area contributed by atoms with Gasteiger partial charge in [-0.25, -0.2) is 0 Å². The molecule has 230 valence electrons. The van der Waals surface area contributed by atoms with E-state index in [9.17, 15) is 9.36 Å². The van der Waals surface area contributed by atoms with Crippen molar-refractivity contribution in [2.75, 3.05) is 6.16 Å². The highest BCUT2D eigenvalue weighted by Crippen LogP contribution is 2.57. The van der Waals surface area contributed by atoms with Crippen molar-refractivity contribution < 1.29 is 9.36 Å². The monoisotopic (exact) mass is 588 g/mol. The lowest BCUT2D eigenvalue weighted by atomic mass is 9.52. The lowest BCUT2D eigenvalue weighted by molar-refractivity contribution is -0.130. The number of hydrogen-bond donors (Lipinski definition) is 0. The number of rotatable bonds is 5. The second kappa shape index (κ2) is 12.6. The standard InChI is InChI=1S/C26H35OP.C13H22O/c1-20-19-22(26(5,6)21(2)25(20,3)4)17-18-28(27,23-13-9-7-10-14-23)24-15-11-8-12-16-24;1-9(2)10-6-7-11-12(14)5-4-8-13(10,11)3/h7-17,20-21H,18-19H2,1-6H3;9-11H,4-8H2,1-3H3/b22-17-;/t;10?,11-,13+/m.0/s1. The molecular weight excluding hydrogens is 531 g/mol. The van der Waals surface area contributed by atoms with Crippen LogP contribution >= 0.6 is 7.14 Å². The maximum Gasteiger partial charge on any atom is 0.146 e. The van der Waals surface area contributed by atoms with Gasteiger partial charge in [-0.15, -0.1) is 0 Å². The lowest BCUT2D eigenvalue weighted by Crippen LogP contribution is -2.45. The molecule has 3 unspecified atom stereocenters. The molecule has 2 aromatic carbocycles. The van der Waals surface area contributed by atoms with E-state index in [4.69, 9.17) is 0 Å². The Morgan fingerprint density at radius 1 is 0.881 bits per heavy atom. The minimum Gasteiger partial charge on any atom is -0.313 e. The normalized spacial score (nSPS) is 31.4. The largest absolute Gasteiger partial charge is 0.313 e. The molecule has 0 aliphatic heterocycles. The van der Waals surface area contributed by atoms with E-state index in [1.165, 1.54) is 18.4 Å². The molecule has 0 spiro atoms. The molecule has 3 saturated carbocycles. The van der Waals surface area contributed by atoms with Crippen LogP contribution in [0, 0.1) is 45.8 Å². The van der Waals surface area contributed by atoms with Crippen molar-refractivity contribution in [3.63, 3.8) is 0 Å². The fourth-order valence-corrected chi connectivity index (χ4v) is 11.3. The maximum absolute atomic E-state index is 14.3. The van der Waals surface area contributed by atoms with Gasteiger partial charge in [0.25, 0.3) is 0 Å². The first-order chi connectivity index (χ1) is 19.7. The van der Waals surface area contributed by atoms with Crippen LogP contribution in [0.3, 0.4) is 0 Å². The Bertz CT molecular complexity index is 1240. The van der Waals surface area contributed by atoms with Crippen molar-refractivity contribution in [1.82, 2.24) is 0 Å². The lowest BCUT2D eigenvalue weighted by Gasteiger charge is -2.53. The molecule has 5 atom stereocenters. The third kappa shape index (κ3) is 6.18. The van der Waals surface area contributed by atoms with Crippen LogP contribution in [0.5, 0.6) is 0 Å². The molecule has 5 rings (SSSR count). The predicted molar refractivity (Wildman–Crippen MR) is 181 cm³/mol. The van der Waals surface area contributed by atoms with Gasteiger partial charge in [-0.05, 0) is 72.0 Å². The predicted octanol–water partition coefficient (Wildman–Crippen LogP) is 10.1. The third-order valence-corrected chi connectivity index (χ3v) is 15.5. The van der Waals surface area contributed by atoms with Gasteiger partial charge in [0, 0.05) is 29.1 Å². The fourth-order valence-electron chi connectivity index (χ4n) is 8.84. The van der Waals surface area contributed by atoms with E-state index < -0.39 is 7.14 Å². The van der Waals surface area contributed by atoms with Crippen molar-refractivity contribution in [3.8, 4) is 0 Å². The molecule has 2 aromatic rings. The highest BCUT2D eigenvalue weighted by Gasteiger charge is 2.51. The molecule has 0 aromatic heterocycles. The molecule has 0 heterocycles. The Kier molecular flexibility index (Phi) is 9.89. The Morgan fingerprint density at radius 2 is 1.43 bits per heavy atom. The number of benzene rings is 2. The Labute approximate surface area is 257 Å². The summed E-state index contributed by atoms with van der Waals surface area (Å²) in [5, 5.41) is 1.90. The summed E-state index contributed by atoms with van der Waals surface area (Å²) in [6, 6.07) is 20.0. The zero-order valence-electron chi connectivity index (χ0n) is 28.0. The van der Waals surface area contributed by atoms with Crippen molar-refractivity contribution in [2.45, 2.75) is 101 Å².